The van der Waals surface area contributed by atoms with E-state index in [4.69, 9.17) is 16.3 Å². The number of aromatic nitrogens is 1. The third-order valence-corrected chi connectivity index (χ3v) is 4.77. The normalized spacial score (nSPS) is 28.0. The first-order chi connectivity index (χ1) is 11.6. The fourth-order valence-electron chi connectivity index (χ4n) is 3.46. The summed E-state index contributed by atoms with van der Waals surface area (Å²) in [6, 6.07) is 3.03. The van der Waals surface area contributed by atoms with Crippen molar-refractivity contribution in [3.8, 4) is 11.5 Å². The van der Waals surface area contributed by atoms with Crippen LogP contribution in [0.25, 0.3) is 0 Å². The van der Waals surface area contributed by atoms with Gasteiger partial charge >= 0.3 is 11.8 Å². The van der Waals surface area contributed by atoms with Gasteiger partial charge in [0.25, 0.3) is 0 Å². The molecule has 0 fully saturated rings. The summed E-state index contributed by atoms with van der Waals surface area (Å²) in [6.45, 7) is 0. The number of ether oxygens (including phenoxy) is 1. The first kappa shape index (κ1) is 16.5. The van der Waals surface area contributed by atoms with Gasteiger partial charge in [0.15, 0.2) is 5.60 Å². The first-order valence-electron chi connectivity index (χ1n) is 7.18. The standard InChI is InChI=1S/C16H9ClF5NO2/c17-7-3-8(6-23-5-7)25-11-2-1-9-13-12(11)10(18)4-14(13,24)16(21,22)15(9,19)20/h1-3,5-6,10,24H,4H2/t10-,14+/m0/s1. The summed E-state index contributed by atoms with van der Waals surface area (Å²) in [7, 11) is 0. The van der Waals surface area contributed by atoms with Crippen LogP contribution in [0.4, 0.5) is 22.0 Å². The zero-order valence-corrected chi connectivity index (χ0v) is 13.0. The fourth-order valence-corrected chi connectivity index (χ4v) is 3.62. The van der Waals surface area contributed by atoms with Crippen LogP contribution >= 0.6 is 11.6 Å². The summed E-state index contributed by atoms with van der Waals surface area (Å²) in [6.07, 6.45) is -0.701. The van der Waals surface area contributed by atoms with Gasteiger partial charge in [0.1, 0.15) is 17.7 Å². The van der Waals surface area contributed by atoms with Gasteiger partial charge in [-0.25, -0.2) is 4.39 Å². The lowest BCUT2D eigenvalue weighted by Gasteiger charge is -2.30. The minimum absolute atomic E-state index is 0.0721. The van der Waals surface area contributed by atoms with E-state index in [0.717, 1.165) is 12.1 Å². The summed E-state index contributed by atoms with van der Waals surface area (Å²) in [5, 5.41) is 10.4. The van der Waals surface area contributed by atoms with E-state index in [2.05, 4.69) is 4.98 Å². The van der Waals surface area contributed by atoms with Gasteiger partial charge in [-0.05, 0) is 12.1 Å². The molecule has 0 unspecified atom stereocenters. The average Bonchev–Trinajstić information content (AvgIpc) is 2.85. The monoisotopic (exact) mass is 377 g/mol. The zero-order chi connectivity index (χ0) is 18.2. The summed E-state index contributed by atoms with van der Waals surface area (Å²) in [5.41, 5.74) is -5.68. The molecule has 0 saturated heterocycles. The van der Waals surface area contributed by atoms with Crippen molar-refractivity contribution in [2.45, 2.75) is 30.0 Å². The Kier molecular flexibility index (Phi) is 3.19. The lowest BCUT2D eigenvalue weighted by atomic mass is 9.95. The Labute approximate surface area is 143 Å². The molecule has 2 aliphatic rings. The predicted octanol–water partition coefficient (Wildman–Crippen LogP) is 4.87. The molecular weight excluding hydrogens is 369 g/mol. The van der Waals surface area contributed by atoms with Crippen molar-refractivity contribution in [2.75, 3.05) is 0 Å². The molecule has 0 radical (unpaired) electrons. The van der Waals surface area contributed by atoms with Crippen LogP contribution in [0.1, 0.15) is 29.3 Å². The maximum Gasteiger partial charge on any atom is 0.346 e. The van der Waals surface area contributed by atoms with E-state index < -0.39 is 46.7 Å². The predicted molar refractivity (Wildman–Crippen MR) is 77.0 cm³/mol. The highest BCUT2D eigenvalue weighted by Gasteiger charge is 2.79. The minimum atomic E-state index is -4.83. The second kappa shape index (κ2) is 4.82. The van der Waals surface area contributed by atoms with Crippen molar-refractivity contribution in [1.29, 1.82) is 0 Å². The second-order valence-corrected chi connectivity index (χ2v) is 6.46. The van der Waals surface area contributed by atoms with Crippen molar-refractivity contribution < 1.29 is 31.8 Å². The van der Waals surface area contributed by atoms with E-state index in [9.17, 15) is 27.1 Å². The Bertz CT molecular complexity index is 891. The maximum absolute atomic E-state index is 14.4. The average molecular weight is 378 g/mol. The first-order valence-corrected chi connectivity index (χ1v) is 7.56. The van der Waals surface area contributed by atoms with Gasteiger partial charge in [-0.15, -0.1) is 0 Å². The molecule has 0 spiro atoms. The van der Waals surface area contributed by atoms with Crippen molar-refractivity contribution in [2.24, 2.45) is 0 Å². The lowest BCUT2D eigenvalue weighted by molar-refractivity contribution is -0.287. The van der Waals surface area contributed by atoms with E-state index >= 15 is 0 Å². The molecule has 132 valence electrons. The Hall–Kier alpha value is -1.93. The molecule has 3 nitrogen and oxygen atoms in total. The summed E-state index contributed by atoms with van der Waals surface area (Å²) in [5.74, 6) is -9.61. The Balaban J connectivity index is 1.90. The van der Waals surface area contributed by atoms with E-state index in [-0.39, 0.29) is 16.5 Å². The van der Waals surface area contributed by atoms with Gasteiger partial charge in [-0.3, -0.25) is 4.98 Å². The summed E-state index contributed by atoms with van der Waals surface area (Å²) in [4.78, 5) is 3.76. The molecule has 1 aromatic carbocycles. The lowest BCUT2D eigenvalue weighted by Crippen LogP contribution is -2.48. The summed E-state index contributed by atoms with van der Waals surface area (Å²) >= 11 is 5.76. The highest BCUT2D eigenvalue weighted by atomic mass is 35.5. The van der Waals surface area contributed by atoms with Crippen molar-refractivity contribution in [3.63, 3.8) is 0 Å². The molecule has 1 N–H and O–H groups in total. The SMILES string of the molecule is O[C@]12C[C@H](F)c3c(Oc4cncc(Cl)c4)ccc(c31)C(F)(F)C2(F)F. The van der Waals surface area contributed by atoms with E-state index in [1.54, 1.807) is 0 Å². The molecule has 0 bridgehead atoms. The van der Waals surface area contributed by atoms with Crippen LogP contribution in [0.3, 0.4) is 0 Å². The molecule has 0 aliphatic heterocycles. The van der Waals surface area contributed by atoms with Crippen LogP contribution in [-0.4, -0.2) is 16.0 Å². The fraction of sp³-hybridized carbons (Fsp3) is 0.312. The highest BCUT2D eigenvalue weighted by Crippen LogP contribution is 2.68. The van der Waals surface area contributed by atoms with E-state index in [1.165, 1.54) is 18.5 Å². The molecule has 2 aliphatic carbocycles. The summed E-state index contributed by atoms with van der Waals surface area (Å²) < 4.78 is 76.2. The van der Waals surface area contributed by atoms with Crippen LogP contribution in [0, 0.1) is 0 Å². The zero-order valence-electron chi connectivity index (χ0n) is 12.2. The van der Waals surface area contributed by atoms with Gasteiger partial charge in [0.2, 0.25) is 0 Å². The van der Waals surface area contributed by atoms with E-state index in [1.807, 2.05) is 0 Å². The quantitative estimate of drug-likeness (QED) is 0.759. The molecule has 25 heavy (non-hydrogen) atoms. The number of nitrogens with zero attached hydrogens (tertiary/aromatic N) is 1. The minimum Gasteiger partial charge on any atom is -0.455 e. The third kappa shape index (κ3) is 1.92. The molecule has 0 saturated carbocycles. The van der Waals surface area contributed by atoms with E-state index in [0.29, 0.717) is 0 Å². The smallest absolute Gasteiger partial charge is 0.346 e. The topological polar surface area (TPSA) is 42.4 Å². The number of aliphatic hydroxyl groups is 1. The van der Waals surface area contributed by atoms with Crippen LogP contribution in [0.5, 0.6) is 11.5 Å². The van der Waals surface area contributed by atoms with Crippen molar-refractivity contribution in [3.05, 3.63) is 52.3 Å². The van der Waals surface area contributed by atoms with Crippen LogP contribution < -0.4 is 4.74 Å². The number of alkyl halides is 5. The van der Waals surface area contributed by atoms with Crippen molar-refractivity contribution >= 4 is 11.6 Å². The molecule has 2 aromatic rings. The van der Waals surface area contributed by atoms with Gasteiger partial charge < -0.3 is 9.84 Å². The second-order valence-electron chi connectivity index (χ2n) is 6.02. The molecule has 1 heterocycles. The third-order valence-electron chi connectivity index (χ3n) is 4.57. The highest BCUT2D eigenvalue weighted by molar-refractivity contribution is 6.30. The Morgan fingerprint density at radius 1 is 1.20 bits per heavy atom. The number of pyridine rings is 1. The van der Waals surface area contributed by atoms with Crippen LogP contribution in [-0.2, 0) is 11.5 Å². The molecule has 4 rings (SSSR count). The molecule has 9 heteroatoms. The number of hydrogen-bond acceptors (Lipinski definition) is 3. The number of rotatable bonds is 2. The number of halogens is 6. The molecule has 0 amide bonds. The van der Waals surface area contributed by atoms with Gasteiger partial charge in [0, 0.05) is 35.4 Å². The number of hydrogen-bond donors (Lipinski definition) is 1. The molecule has 1 aromatic heterocycles. The largest absolute Gasteiger partial charge is 0.455 e. The molecule has 2 atom stereocenters. The van der Waals surface area contributed by atoms with Crippen LogP contribution in [0.2, 0.25) is 5.02 Å². The van der Waals surface area contributed by atoms with Crippen molar-refractivity contribution in [1.82, 2.24) is 4.98 Å². The Morgan fingerprint density at radius 3 is 2.60 bits per heavy atom. The molecular formula is C16H9ClF5NO2. The van der Waals surface area contributed by atoms with Gasteiger partial charge in [0.05, 0.1) is 11.2 Å². The number of benzene rings is 1. The van der Waals surface area contributed by atoms with Gasteiger partial charge in [-0.1, -0.05) is 11.6 Å². The maximum atomic E-state index is 14.4. The van der Waals surface area contributed by atoms with Gasteiger partial charge in [-0.2, -0.15) is 17.6 Å². The Morgan fingerprint density at radius 2 is 1.92 bits per heavy atom. The van der Waals surface area contributed by atoms with Crippen LogP contribution in [0.15, 0.2) is 30.6 Å².